The summed E-state index contributed by atoms with van der Waals surface area (Å²) in [6, 6.07) is 8.47. The van der Waals surface area contributed by atoms with Crippen molar-refractivity contribution in [3.63, 3.8) is 0 Å². The van der Waals surface area contributed by atoms with E-state index in [4.69, 9.17) is 14.2 Å². The largest absolute Gasteiger partial charge is 0.501 e. The van der Waals surface area contributed by atoms with Crippen LogP contribution in [0.2, 0.25) is 0 Å². The van der Waals surface area contributed by atoms with E-state index >= 15 is 0 Å². The predicted octanol–water partition coefficient (Wildman–Crippen LogP) is 5.52. The van der Waals surface area contributed by atoms with Crippen molar-refractivity contribution in [1.82, 2.24) is 0 Å². The molecule has 0 N–H and O–H groups in total. The number of benzene rings is 1. The average molecular weight is 332 g/mol. The van der Waals surface area contributed by atoms with Crippen molar-refractivity contribution in [3.8, 4) is 0 Å². The van der Waals surface area contributed by atoms with Crippen molar-refractivity contribution in [2.24, 2.45) is 5.92 Å². The highest BCUT2D eigenvalue weighted by atomic mass is 16.5. The molecule has 1 aromatic carbocycles. The number of allylic oxidation sites excluding steroid dienone is 2. The Hall–Kier alpha value is -1.74. The van der Waals surface area contributed by atoms with Gasteiger partial charge in [0.25, 0.3) is 0 Å². The number of rotatable bonds is 11. The molecule has 0 heterocycles. The molecule has 3 nitrogen and oxygen atoms in total. The topological polar surface area (TPSA) is 27.7 Å². The van der Waals surface area contributed by atoms with Crippen molar-refractivity contribution in [1.29, 1.82) is 0 Å². The molecule has 24 heavy (non-hydrogen) atoms. The van der Waals surface area contributed by atoms with Crippen LogP contribution in [0.25, 0.3) is 11.1 Å². The fraction of sp³-hybridized carbons (Fsp3) is 0.524. The summed E-state index contributed by atoms with van der Waals surface area (Å²) in [6.45, 7) is 13.4. The highest BCUT2D eigenvalue weighted by Crippen LogP contribution is 2.19. The molecule has 0 radical (unpaired) electrons. The summed E-state index contributed by atoms with van der Waals surface area (Å²) < 4.78 is 16.4. The van der Waals surface area contributed by atoms with E-state index in [1.54, 1.807) is 0 Å². The van der Waals surface area contributed by atoms with E-state index in [1.807, 2.05) is 19.4 Å². The van der Waals surface area contributed by atoms with Gasteiger partial charge in [0, 0.05) is 19.6 Å². The number of hydrogen-bond acceptors (Lipinski definition) is 3. The Morgan fingerprint density at radius 2 is 1.46 bits per heavy atom. The van der Waals surface area contributed by atoms with Crippen molar-refractivity contribution in [2.45, 2.75) is 41.0 Å². The zero-order chi connectivity index (χ0) is 17.8. The van der Waals surface area contributed by atoms with Crippen molar-refractivity contribution < 1.29 is 14.2 Å². The lowest BCUT2D eigenvalue weighted by Gasteiger charge is -2.08. The minimum absolute atomic E-state index is 0.540. The highest BCUT2D eigenvalue weighted by Gasteiger charge is 2.00. The van der Waals surface area contributed by atoms with E-state index in [0.29, 0.717) is 12.5 Å². The maximum Gasteiger partial charge on any atom is 0.0896 e. The van der Waals surface area contributed by atoms with Crippen LogP contribution in [-0.2, 0) is 14.2 Å². The standard InChI is InChI=1S/C21H32O3/c1-6-22-12-7-13-23-15-18(4)20-8-10-21(11-9-20)19(5)16-24-14-17(2)3/h8-11,15-17H,6-7,12-14H2,1-5H3. The van der Waals surface area contributed by atoms with Crippen LogP contribution in [0.4, 0.5) is 0 Å². The molecule has 3 heteroatoms. The molecule has 1 rings (SSSR count). The van der Waals surface area contributed by atoms with Gasteiger partial charge in [0.15, 0.2) is 0 Å². The molecule has 0 saturated heterocycles. The molecule has 0 spiro atoms. The zero-order valence-electron chi connectivity index (χ0n) is 15.8. The third-order valence-electron chi connectivity index (χ3n) is 3.50. The molecule has 0 aliphatic rings. The molecule has 0 aromatic heterocycles. The van der Waals surface area contributed by atoms with Gasteiger partial charge in [-0.25, -0.2) is 0 Å². The fourth-order valence-electron chi connectivity index (χ4n) is 2.07. The van der Waals surface area contributed by atoms with Crippen molar-refractivity contribution >= 4 is 11.1 Å². The Morgan fingerprint density at radius 1 is 0.917 bits per heavy atom. The van der Waals surface area contributed by atoms with E-state index in [1.165, 1.54) is 11.1 Å². The monoisotopic (exact) mass is 332 g/mol. The third kappa shape index (κ3) is 8.21. The molecule has 134 valence electrons. The average Bonchev–Trinajstić information content (AvgIpc) is 2.57. The Morgan fingerprint density at radius 3 is 1.96 bits per heavy atom. The van der Waals surface area contributed by atoms with Gasteiger partial charge in [-0.3, -0.25) is 0 Å². The minimum atomic E-state index is 0.540. The van der Waals surface area contributed by atoms with Crippen LogP contribution < -0.4 is 0 Å². The minimum Gasteiger partial charge on any atom is -0.501 e. The summed E-state index contributed by atoms with van der Waals surface area (Å²) in [5.41, 5.74) is 4.60. The van der Waals surface area contributed by atoms with E-state index in [0.717, 1.165) is 37.4 Å². The van der Waals surface area contributed by atoms with Crippen molar-refractivity contribution in [2.75, 3.05) is 26.4 Å². The molecule has 0 saturated carbocycles. The number of ether oxygens (including phenoxy) is 3. The van der Waals surface area contributed by atoms with Gasteiger partial charge in [-0.05, 0) is 49.0 Å². The molecule has 0 unspecified atom stereocenters. The van der Waals surface area contributed by atoms with Crippen molar-refractivity contribution in [3.05, 3.63) is 47.9 Å². The maximum atomic E-state index is 5.58. The summed E-state index contributed by atoms with van der Waals surface area (Å²) in [4.78, 5) is 0. The second-order valence-electron chi connectivity index (χ2n) is 6.33. The van der Waals surface area contributed by atoms with Gasteiger partial charge < -0.3 is 14.2 Å². The Balaban J connectivity index is 2.50. The third-order valence-corrected chi connectivity index (χ3v) is 3.50. The zero-order valence-corrected chi connectivity index (χ0v) is 15.8. The lowest BCUT2D eigenvalue weighted by atomic mass is 10.0. The Labute approximate surface area is 147 Å². The van der Waals surface area contributed by atoms with E-state index in [9.17, 15) is 0 Å². The Kier molecular flexibility index (Phi) is 9.94. The molecule has 0 bridgehead atoms. The molecular weight excluding hydrogens is 300 g/mol. The van der Waals surface area contributed by atoms with Crippen LogP contribution >= 0.6 is 0 Å². The van der Waals surface area contributed by atoms with Gasteiger partial charge in [0.05, 0.1) is 25.7 Å². The predicted molar refractivity (Wildman–Crippen MR) is 102 cm³/mol. The maximum absolute atomic E-state index is 5.58. The lowest BCUT2D eigenvalue weighted by molar-refractivity contribution is 0.122. The first-order valence-corrected chi connectivity index (χ1v) is 8.79. The molecule has 0 aliphatic carbocycles. The SMILES string of the molecule is CCOCCCOC=C(C)c1ccc(C(C)=COCC(C)C)cc1. The van der Waals surface area contributed by atoms with Gasteiger partial charge in [0.1, 0.15) is 0 Å². The first kappa shape index (κ1) is 20.3. The normalized spacial score (nSPS) is 12.6. The van der Waals surface area contributed by atoms with Crippen LogP contribution in [-0.4, -0.2) is 26.4 Å². The van der Waals surface area contributed by atoms with Gasteiger partial charge in [-0.1, -0.05) is 38.1 Å². The summed E-state index contributed by atoms with van der Waals surface area (Å²) in [5.74, 6) is 0.540. The smallest absolute Gasteiger partial charge is 0.0896 e. The van der Waals surface area contributed by atoms with E-state index < -0.39 is 0 Å². The second kappa shape index (κ2) is 11.7. The van der Waals surface area contributed by atoms with Crippen LogP contribution in [0, 0.1) is 5.92 Å². The molecule has 0 atom stereocenters. The van der Waals surface area contributed by atoms with Crippen LogP contribution in [0.1, 0.15) is 52.2 Å². The summed E-state index contributed by atoms with van der Waals surface area (Å²) in [5, 5.41) is 0. The van der Waals surface area contributed by atoms with Crippen LogP contribution in [0.3, 0.4) is 0 Å². The van der Waals surface area contributed by atoms with Gasteiger partial charge in [0.2, 0.25) is 0 Å². The second-order valence-corrected chi connectivity index (χ2v) is 6.33. The van der Waals surface area contributed by atoms with Gasteiger partial charge >= 0.3 is 0 Å². The first-order chi connectivity index (χ1) is 11.5. The summed E-state index contributed by atoms with van der Waals surface area (Å²) >= 11 is 0. The van der Waals surface area contributed by atoms with E-state index in [-0.39, 0.29) is 0 Å². The summed E-state index contributed by atoms with van der Waals surface area (Å²) in [7, 11) is 0. The fourth-order valence-corrected chi connectivity index (χ4v) is 2.07. The number of hydrogen-bond donors (Lipinski definition) is 0. The molecule has 0 fully saturated rings. The molecule has 1 aromatic rings. The molecule has 0 aliphatic heterocycles. The quantitative estimate of drug-likeness (QED) is 0.394. The highest BCUT2D eigenvalue weighted by molar-refractivity contribution is 5.68. The lowest BCUT2D eigenvalue weighted by Crippen LogP contribution is -1.98. The van der Waals surface area contributed by atoms with Gasteiger partial charge in [-0.15, -0.1) is 0 Å². The van der Waals surface area contributed by atoms with Crippen LogP contribution in [0.15, 0.2) is 36.8 Å². The summed E-state index contributed by atoms with van der Waals surface area (Å²) in [6.07, 6.45) is 4.59. The van der Waals surface area contributed by atoms with Gasteiger partial charge in [-0.2, -0.15) is 0 Å². The van der Waals surface area contributed by atoms with Crippen LogP contribution in [0.5, 0.6) is 0 Å². The molecule has 0 amide bonds. The molecular formula is C21H32O3. The first-order valence-electron chi connectivity index (χ1n) is 8.79. The van der Waals surface area contributed by atoms with E-state index in [2.05, 4.69) is 52.0 Å². The Bertz CT molecular complexity index is 512.